The standard InChI is InChI=1S/C17H11Cl2FN2O3/c1-9(24-17(23)11-6-12(18)8-13(19)7-11)15-21-22-16(25-15)10-2-4-14(20)5-3-10/h2-9H,1H3/t9-/m0/s1. The first-order valence-corrected chi connectivity index (χ1v) is 7.94. The van der Waals surface area contributed by atoms with E-state index in [4.69, 9.17) is 32.4 Å². The minimum absolute atomic E-state index is 0.112. The zero-order valence-corrected chi connectivity index (χ0v) is 14.4. The maximum atomic E-state index is 13.0. The molecule has 0 aliphatic carbocycles. The molecule has 0 spiro atoms. The van der Waals surface area contributed by atoms with Crippen molar-refractivity contribution in [3.8, 4) is 11.5 Å². The van der Waals surface area contributed by atoms with Crippen LogP contribution in [0, 0.1) is 5.82 Å². The number of hydrogen-bond acceptors (Lipinski definition) is 5. The van der Waals surface area contributed by atoms with Crippen LogP contribution >= 0.6 is 23.2 Å². The van der Waals surface area contributed by atoms with E-state index in [0.717, 1.165) is 0 Å². The van der Waals surface area contributed by atoms with Gasteiger partial charge >= 0.3 is 5.97 Å². The van der Waals surface area contributed by atoms with Crippen LogP contribution < -0.4 is 0 Å². The minimum Gasteiger partial charge on any atom is -0.449 e. The second-order valence-electron chi connectivity index (χ2n) is 5.16. The van der Waals surface area contributed by atoms with Gasteiger partial charge in [-0.25, -0.2) is 9.18 Å². The van der Waals surface area contributed by atoms with Gasteiger partial charge in [-0.3, -0.25) is 0 Å². The van der Waals surface area contributed by atoms with Gasteiger partial charge in [-0.2, -0.15) is 0 Å². The Hall–Kier alpha value is -2.44. The van der Waals surface area contributed by atoms with E-state index in [-0.39, 0.29) is 23.2 Å². The molecule has 1 atom stereocenters. The monoisotopic (exact) mass is 380 g/mol. The molecular weight excluding hydrogens is 370 g/mol. The van der Waals surface area contributed by atoms with Crippen LogP contribution in [0.25, 0.3) is 11.5 Å². The van der Waals surface area contributed by atoms with E-state index in [9.17, 15) is 9.18 Å². The Morgan fingerprint density at radius 3 is 2.40 bits per heavy atom. The summed E-state index contributed by atoms with van der Waals surface area (Å²) in [5, 5.41) is 8.38. The summed E-state index contributed by atoms with van der Waals surface area (Å²) in [7, 11) is 0. The molecule has 0 amide bonds. The van der Waals surface area contributed by atoms with Crippen LogP contribution in [0.2, 0.25) is 10.0 Å². The Balaban J connectivity index is 1.74. The molecule has 8 heteroatoms. The number of carbonyl (C=O) groups excluding carboxylic acids is 1. The molecule has 128 valence electrons. The largest absolute Gasteiger partial charge is 0.449 e. The van der Waals surface area contributed by atoms with Gasteiger partial charge in [0.15, 0.2) is 6.10 Å². The number of rotatable bonds is 4. The lowest BCUT2D eigenvalue weighted by molar-refractivity contribution is 0.0280. The highest BCUT2D eigenvalue weighted by Gasteiger charge is 2.20. The van der Waals surface area contributed by atoms with Gasteiger partial charge in [0, 0.05) is 15.6 Å². The first-order chi connectivity index (χ1) is 11.9. The first-order valence-electron chi connectivity index (χ1n) is 7.19. The molecule has 0 N–H and O–H groups in total. The smallest absolute Gasteiger partial charge is 0.339 e. The topological polar surface area (TPSA) is 65.2 Å². The summed E-state index contributed by atoms with van der Waals surface area (Å²) >= 11 is 11.7. The maximum absolute atomic E-state index is 13.0. The Kier molecular flexibility index (Phi) is 5.01. The van der Waals surface area contributed by atoms with Gasteiger partial charge in [-0.05, 0) is 49.4 Å². The van der Waals surface area contributed by atoms with Crippen LogP contribution in [0.15, 0.2) is 46.9 Å². The van der Waals surface area contributed by atoms with E-state index in [1.54, 1.807) is 6.92 Å². The van der Waals surface area contributed by atoms with Crippen LogP contribution in [0.1, 0.15) is 29.3 Å². The third-order valence-electron chi connectivity index (χ3n) is 3.26. The molecule has 0 fully saturated rings. The molecule has 0 saturated heterocycles. The lowest BCUT2D eigenvalue weighted by Crippen LogP contribution is -2.09. The van der Waals surface area contributed by atoms with Crippen molar-refractivity contribution < 1.29 is 18.3 Å². The second-order valence-corrected chi connectivity index (χ2v) is 6.03. The van der Waals surface area contributed by atoms with Crippen molar-refractivity contribution in [2.24, 2.45) is 0 Å². The zero-order chi connectivity index (χ0) is 18.0. The normalized spacial score (nSPS) is 12.0. The average molecular weight is 381 g/mol. The Morgan fingerprint density at radius 1 is 1.12 bits per heavy atom. The fraction of sp³-hybridized carbons (Fsp3) is 0.118. The van der Waals surface area contributed by atoms with Crippen molar-refractivity contribution >= 4 is 29.2 Å². The number of hydrogen-bond donors (Lipinski definition) is 0. The SMILES string of the molecule is C[C@H](OC(=O)c1cc(Cl)cc(Cl)c1)c1nnc(-c2ccc(F)cc2)o1. The van der Waals surface area contributed by atoms with Gasteiger partial charge in [0.1, 0.15) is 5.82 Å². The van der Waals surface area contributed by atoms with Gasteiger partial charge in [0.05, 0.1) is 5.56 Å². The van der Waals surface area contributed by atoms with Crippen LogP contribution in [0.5, 0.6) is 0 Å². The third-order valence-corrected chi connectivity index (χ3v) is 3.70. The molecule has 1 aromatic heterocycles. The molecule has 3 aromatic rings. The summed E-state index contributed by atoms with van der Waals surface area (Å²) < 4.78 is 23.7. The molecule has 0 unspecified atom stereocenters. The van der Waals surface area contributed by atoms with Crippen LogP contribution in [-0.2, 0) is 4.74 Å². The maximum Gasteiger partial charge on any atom is 0.339 e. The molecular formula is C17H11Cl2FN2O3. The Labute approximate surface area is 152 Å². The fourth-order valence-electron chi connectivity index (χ4n) is 2.06. The van der Waals surface area contributed by atoms with Crippen molar-refractivity contribution in [1.29, 1.82) is 0 Å². The van der Waals surface area contributed by atoms with E-state index >= 15 is 0 Å². The van der Waals surface area contributed by atoms with Crippen molar-refractivity contribution in [2.75, 3.05) is 0 Å². The van der Waals surface area contributed by atoms with Crippen molar-refractivity contribution in [1.82, 2.24) is 10.2 Å². The highest BCUT2D eigenvalue weighted by molar-refractivity contribution is 6.35. The zero-order valence-electron chi connectivity index (χ0n) is 12.9. The van der Waals surface area contributed by atoms with Crippen LogP contribution in [-0.4, -0.2) is 16.2 Å². The minimum atomic E-state index is -0.785. The fourth-order valence-corrected chi connectivity index (χ4v) is 2.58. The molecule has 0 bridgehead atoms. The van der Waals surface area contributed by atoms with E-state index in [2.05, 4.69) is 10.2 Å². The predicted octanol–water partition coefficient (Wildman–Crippen LogP) is 5.10. The third kappa shape index (κ3) is 4.15. The van der Waals surface area contributed by atoms with Crippen molar-refractivity contribution in [2.45, 2.75) is 13.0 Å². The van der Waals surface area contributed by atoms with Crippen LogP contribution in [0.3, 0.4) is 0 Å². The summed E-state index contributed by atoms with van der Waals surface area (Å²) in [6, 6.07) is 9.99. The van der Waals surface area contributed by atoms with Gasteiger partial charge in [-0.15, -0.1) is 10.2 Å². The predicted molar refractivity (Wildman–Crippen MR) is 90.0 cm³/mol. The van der Waals surface area contributed by atoms with Gasteiger partial charge in [0.25, 0.3) is 5.89 Å². The summed E-state index contributed by atoms with van der Waals surface area (Å²) in [6.07, 6.45) is -0.785. The molecule has 0 radical (unpaired) electrons. The molecule has 0 aliphatic rings. The summed E-state index contributed by atoms with van der Waals surface area (Å²) in [6.45, 7) is 1.59. The molecule has 25 heavy (non-hydrogen) atoms. The second kappa shape index (κ2) is 7.21. The van der Waals surface area contributed by atoms with Crippen LogP contribution in [0.4, 0.5) is 4.39 Å². The molecule has 5 nitrogen and oxygen atoms in total. The molecule has 1 heterocycles. The van der Waals surface area contributed by atoms with Gasteiger partial charge in [0.2, 0.25) is 5.89 Å². The quantitative estimate of drug-likeness (QED) is 0.589. The lowest BCUT2D eigenvalue weighted by atomic mass is 10.2. The molecule has 0 aliphatic heterocycles. The highest BCUT2D eigenvalue weighted by Crippen LogP contribution is 2.25. The molecule has 2 aromatic carbocycles. The average Bonchev–Trinajstić information content (AvgIpc) is 3.04. The Bertz CT molecular complexity index is 892. The number of ether oxygens (including phenoxy) is 1. The van der Waals surface area contributed by atoms with Gasteiger partial charge in [-0.1, -0.05) is 23.2 Å². The van der Waals surface area contributed by atoms with Gasteiger partial charge < -0.3 is 9.15 Å². The number of benzene rings is 2. The van der Waals surface area contributed by atoms with E-state index in [1.807, 2.05) is 0 Å². The first kappa shape index (κ1) is 17.4. The number of carbonyl (C=O) groups is 1. The summed E-state index contributed by atoms with van der Waals surface area (Å²) in [5.74, 6) is -0.686. The van der Waals surface area contributed by atoms with E-state index in [1.165, 1.54) is 42.5 Å². The van der Waals surface area contributed by atoms with Crippen molar-refractivity contribution in [3.05, 3.63) is 69.8 Å². The van der Waals surface area contributed by atoms with Crippen molar-refractivity contribution in [3.63, 3.8) is 0 Å². The van der Waals surface area contributed by atoms with E-state index < -0.39 is 12.1 Å². The molecule has 0 saturated carbocycles. The summed E-state index contributed by atoms with van der Waals surface area (Å²) in [5.41, 5.74) is 0.767. The number of nitrogens with zero attached hydrogens (tertiary/aromatic N) is 2. The number of esters is 1. The number of halogens is 3. The summed E-state index contributed by atoms with van der Waals surface area (Å²) in [4.78, 5) is 12.2. The highest BCUT2D eigenvalue weighted by atomic mass is 35.5. The lowest BCUT2D eigenvalue weighted by Gasteiger charge is -2.09. The number of aromatic nitrogens is 2. The Morgan fingerprint density at radius 2 is 1.76 bits per heavy atom. The molecule has 3 rings (SSSR count). The van der Waals surface area contributed by atoms with E-state index in [0.29, 0.717) is 15.6 Å².